The Morgan fingerprint density at radius 3 is 2.62 bits per heavy atom. The van der Waals surface area contributed by atoms with Crippen molar-refractivity contribution in [1.82, 2.24) is 5.32 Å². The van der Waals surface area contributed by atoms with Crippen LogP contribution in [0.4, 0.5) is 5.00 Å². The lowest BCUT2D eigenvalue weighted by molar-refractivity contribution is -0.144. The van der Waals surface area contributed by atoms with E-state index in [1.807, 2.05) is 30.3 Å². The van der Waals surface area contributed by atoms with Crippen molar-refractivity contribution >= 4 is 51.5 Å². The molecule has 0 aliphatic heterocycles. The quantitative estimate of drug-likeness (QED) is 0.422. The lowest BCUT2D eigenvalue weighted by atomic mass is 10.1. The number of thiocarbonyl (C=S) groups is 1. The van der Waals surface area contributed by atoms with E-state index >= 15 is 0 Å². The molecule has 32 heavy (non-hydrogen) atoms. The van der Waals surface area contributed by atoms with E-state index in [9.17, 15) is 14.4 Å². The number of nitrogens with one attached hydrogen (secondary N) is 2. The first kappa shape index (κ1) is 23.9. The number of carbonyl (C=O) groups excluding carboxylic acids is 3. The fraction of sp³-hybridized carbons (Fsp3) is 0.391. The number of aryl methyl sites for hydroxylation is 1. The van der Waals surface area contributed by atoms with Gasteiger partial charge in [0.15, 0.2) is 5.11 Å². The minimum atomic E-state index is -0.436. The Bertz CT molecular complexity index is 988. The molecule has 0 unspecified atom stereocenters. The molecule has 2 aromatic rings. The lowest BCUT2D eigenvalue weighted by Gasteiger charge is -2.11. The minimum absolute atomic E-state index is 0.0371. The van der Waals surface area contributed by atoms with Crippen LogP contribution in [0.1, 0.15) is 52.5 Å². The molecule has 0 spiro atoms. The third-order valence-corrected chi connectivity index (χ3v) is 6.35. The fourth-order valence-corrected chi connectivity index (χ4v) is 5.01. The zero-order chi connectivity index (χ0) is 22.9. The number of anilines is 1. The Hall–Kier alpha value is -2.78. The molecule has 3 rings (SSSR count). The highest BCUT2D eigenvalue weighted by molar-refractivity contribution is 7.80. The van der Waals surface area contributed by atoms with Crippen molar-refractivity contribution in [1.29, 1.82) is 0 Å². The molecule has 1 aliphatic rings. The summed E-state index contributed by atoms with van der Waals surface area (Å²) in [6.45, 7) is 2.31. The average Bonchev–Trinajstić information content (AvgIpc) is 3.34. The molecular formula is C23H26N2O5S2. The first-order valence-corrected chi connectivity index (χ1v) is 11.8. The highest BCUT2D eigenvalue weighted by Crippen LogP contribution is 2.39. The van der Waals surface area contributed by atoms with Crippen LogP contribution in [0.2, 0.25) is 0 Å². The number of ether oxygens (including phenoxy) is 2. The Labute approximate surface area is 196 Å². The standard InChI is InChI=1S/C23H26N2O5S2/c1-2-29-22(28)20-16-9-6-10-17(16)32-21(20)25-23(31)24-18(26)11-12-19(27)30-14-13-15-7-4-3-5-8-15/h3-5,7-8H,2,6,9-14H2,1H3,(H2,24,25,26,31). The van der Waals surface area contributed by atoms with E-state index in [0.717, 1.165) is 35.3 Å². The normalized spacial score (nSPS) is 12.0. The predicted molar refractivity (Wildman–Crippen MR) is 127 cm³/mol. The van der Waals surface area contributed by atoms with Crippen LogP contribution in [-0.4, -0.2) is 36.2 Å². The molecule has 1 heterocycles. The van der Waals surface area contributed by atoms with Crippen LogP contribution < -0.4 is 10.6 Å². The second-order valence-electron chi connectivity index (χ2n) is 7.24. The molecule has 2 N–H and O–H groups in total. The summed E-state index contributed by atoms with van der Waals surface area (Å²) in [7, 11) is 0. The van der Waals surface area contributed by atoms with Gasteiger partial charge in [-0.05, 0) is 49.5 Å². The Balaban J connectivity index is 1.43. The molecule has 1 aromatic heterocycles. The molecular weight excluding hydrogens is 448 g/mol. The van der Waals surface area contributed by atoms with Gasteiger partial charge in [-0.1, -0.05) is 30.3 Å². The van der Waals surface area contributed by atoms with E-state index in [2.05, 4.69) is 10.6 Å². The molecule has 0 fully saturated rings. The molecule has 0 saturated heterocycles. The zero-order valence-electron chi connectivity index (χ0n) is 17.9. The molecule has 0 saturated carbocycles. The van der Waals surface area contributed by atoms with E-state index in [1.54, 1.807) is 6.92 Å². The maximum absolute atomic E-state index is 12.4. The van der Waals surface area contributed by atoms with Gasteiger partial charge in [-0.3, -0.25) is 9.59 Å². The summed E-state index contributed by atoms with van der Waals surface area (Å²) in [6, 6.07) is 9.71. The second-order valence-corrected chi connectivity index (χ2v) is 8.75. The summed E-state index contributed by atoms with van der Waals surface area (Å²) in [5.74, 6) is -1.22. The molecule has 1 amide bonds. The van der Waals surface area contributed by atoms with E-state index in [4.69, 9.17) is 21.7 Å². The monoisotopic (exact) mass is 474 g/mol. The van der Waals surface area contributed by atoms with Crippen molar-refractivity contribution in [3.63, 3.8) is 0 Å². The van der Waals surface area contributed by atoms with Gasteiger partial charge in [-0.15, -0.1) is 11.3 Å². The van der Waals surface area contributed by atoms with Crippen molar-refractivity contribution in [2.75, 3.05) is 18.5 Å². The third-order valence-electron chi connectivity index (χ3n) is 4.93. The minimum Gasteiger partial charge on any atom is -0.465 e. The van der Waals surface area contributed by atoms with Crippen LogP contribution in [0.25, 0.3) is 0 Å². The molecule has 170 valence electrons. The van der Waals surface area contributed by atoms with E-state index in [-0.39, 0.29) is 37.1 Å². The first-order chi connectivity index (χ1) is 15.5. The van der Waals surface area contributed by atoms with Crippen molar-refractivity contribution < 1.29 is 23.9 Å². The van der Waals surface area contributed by atoms with Gasteiger partial charge in [0.1, 0.15) is 5.00 Å². The summed E-state index contributed by atoms with van der Waals surface area (Å²) in [5.41, 5.74) is 2.59. The number of amides is 1. The van der Waals surface area contributed by atoms with Gasteiger partial charge in [0.25, 0.3) is 0 Å². The van der Waals surface area contributed by atoms with Crippen LogP contribution in [-0.2, 0) is 38.3 Å². The van der Waals surface area contributed by atoms with Gasteiger partial charge in [0.2, 0.25) is 5.91 Å². The molecule has 7 nitrogen and oxygen atoms in total. The number of esters is 2. The van der Waals surface area contributed by atoms with Crippen molar-refractivity contribution in [3.8, 4) is 0 Å². The third kappa shape index (κ3) is 6.61. The largest absolute Gasteiger partial charge is 0.465 e. The fourth-order valence-electron chi connectivity index (χ4n) is 3.45. The van der Waals surface area contributed by atoms with Crippen LogP contribution >= 0.6 is 23.6 Å². The summed E-state index contributed by atoms with van der Waals surface area (Å²) < 4.78 is 10.4. The van der Waals surface area contributed by atoms with Gasteiger partial charge < -0.3 is 20.1 Å². The predicted octanol–water partition coefficient (Wildman–Crippen LogP) is 3.79. The molecule has 1 aromatic carbocycles. The van der Waals surface area contributed by atoms with Gasteiger partial charge >= 0.3 is 11.9 Å². The number of hydrogen-bond donors (Lipinski definition) is 2. The number of thiophene rings is 1. The van der Waals surface area contributed by atoms with Gasteiger partial charge in [0, 0.05) is 17.7 Å². The first-order valence-electron chi connectivity index (χ1n) is 10.6. The van der Waals surface area contributed by atoms with Gasteiger partial charge in [0.05, 0.1) is 25.2 Å². The number of fused-ring (bicyclic) bond motifs is 1. The van der Waals surface area contributed by atoms with Crippen LogP contribution in [0, 0.1) is 0 Å². The Kier molecular flexibility index (Phi) is 8.75. The topological polar surface area (TPSA) is 93.7 Å². The van der Waals surface area contributed by atoms with Gasteiger partial charge in [-0.2, -0.15) is 0 Å². The average molecular weight is 475 g/mol. The molecule has 0 atom stereocenters. The smallest absolute Gasteiger partial charge is 0.341 e. The SMILES string of the molecule is CCOC(=O)c1c(NC(=S)NC(=O)CCC(=O)OCCc2ccccc2)sc2c1CCC2. The maximum atomic E-state index is 12.4. The molecule has 0 bridgehead atoms. The number of benzene rings is 1. The number of carbonyl (C=O) groups is 3. The summed E-state index contributed by atoms with van der Waals surface area (Å²) in [6.07, 6.45) is 3.30. The van der Waals surface area contributed by atoms with Crippen LogP contribution in [0.3, 0.4) is 0 Å². The summed E-state index contributed by atoms with van der Waals surface area (Å²) >= 11 is 6.69. The van der Waals surface area contributed by atoms with Gasteiger partial charge in [-0.25, -0.2) is 4.79 Å². The highest BCUT2D eigenvalue weighted by Gasteiger charge is 2.28. The Morgan fingerprint density at radius 1 is 1.09 bits per heavy atom. The van der Waals surface area contributed by atoms with E-state index in [1.165, 1.54) is 11.3 Å². The van der Waals surface area contributed by atoms with E-state index in [0.29, 0.717) is 17.0 Å². The summed E-state index contributed by atoms with van der Waals surface area (Å²) in [5, 5.41) is 6.17. The molecule has 1 aliphatic carbocycles. The molecule has 9 heteroatoms. The number of rotatable bonds is 9. The van der Waals surface area contributed by atoms with Crippen molar-refractivity contribution in [3.05, 3.63) is 51.9 Å². The number of hydrogen-bond acceptors (Lipinski definition) is 7. The van der Waals surface area contributed by atoms with Crippen LogP contribution in [0.15, 0.2) is 30.3 Å². The van der Waals surface area contributed by atoms with Crippen molar-refractivity contribution in [2.45, 2.75) is 45.4 Å². The summed E-state index contributed by atoms with van der Waals surface area (Å²) in [4.78, 5) is 37.6. The molecule has 0 radical (unpaired) electrons. The lowest BCUT2D eigenvalue weighted by Crippen LogP contribution is -2.34. The maximum Gasteiger partial charge on any atom is 0.341 e. The Morgan fingerprint density at radius 2 is 1.88 bits per heavy atom. The second kappa shape index (κ2) is 11.7. The zero-order valence-corrected chi connectivity index (χ0v) is 19.5. The van der Waals surface area contributed by atoms with Crippen LogP contribution in [0.5, 0.6) is 0 Å². The van der Waals surface area contributed by atoms with Crippen molar-refractivity contribution in [2.24, 2.45) is 0 Å². The van der Waals surface area contributed by atoms with E-state index < -0.39 is 11.9 Å². The highest BCUT2D eigenvalue weighted by atomic mass is 32.1.